The van der Waals surface area contributed by atoms with Crippen LogP contribution in [0.25, 0.3) is 0 Å². The van der Waals surface area contributed by atoms with E-state index in [9.17, 15) is 4.79 Å². The van der Waals surface area contributed by atoms with Crippen LogP contribution in [0.1, 0.15) is 36.9 Å². The molecule has 1 atom stereocenters. The molecule has 1 fully saturated rings. The van der Waals surface area contributed by atoms with Crippen molar-refractivity contribution in [1.29, 1.82) is 0 Å². The number of hydrogen-bond donors (Lipinski definition) is 2. The topological polar surface area (TPSA) is 61.0 Å². The summed E-state index contributed by atoms with van der Waals surface area (Å²) in [5.41, 5.74) is 3.21. The number of carbonyl (C=O) groups excluding carboxylic acids is 1. The minimum absolute atomic E-state index is 0.0559. The van der Waals surface area contributed by atoms with E-state index in [2.05, 4.69) is 44.7 Å². The average Bonchev–Trinajstić information content (AvgIpc) is 2.96. The Labute approximate surface area is 130 Å². The molecule has 2 aromatic rings. The summed E-state index contributed by atoms with van der Waals surface area (Å²) in [5.74, 6) is 0.335. The number of aromatic nitrogens is 2. The average molecular weight is 298 g/mol. The second-order valence-electron chi connectivity index (χ2n) is 5.94. The zero-order valence-electron chi connectivity index (χ0n) is 12.9. The smallest absolute Gasteiger partial charge is 0.221 e. The lowest BCUT2D eigenvalue weighted by Gasteiger charge is -2.32. The van der Waals surface area contributed by atoms with Crippen LogP contribution >= 0.6 is 0 Å². The number of H-pyrrole nitrogens is 1. The fourth-order valence-corrected chi connectivity index (χ4v) is 3.17. The van der Waals surface area contributed by atoms with Crippen LogP contribution in [0, 0.1) is 0 Å². The van der Waals surface area contributed by atoms with Crippen molar-refractivity contribution in [3.63, 3.8) is 0 Å². The number of rotatable bonds is 4. The molecule has 3 rings (SSSR count). The first kappa shape index (κ1) is 14.8. The molecule has 0 bridgehead atoms. The Balaban J connectivity index is 1.68. The number of nitrogens with one attached hydrogen (secondary N) is 2. The summed E-state index contributed by atoms with van der Waals surface area (Å²) in [6, 6.07) is 10.6. The molecule has 1 aliphatic heterocycles. The second-order valence-corrected chi connectivity index (χ2v) is 5.94. The van der Waals surface area contributed by atoms with Crippen molar-refractivity contribution in [2.75, 3.05) is 18.4 Å². The Bertz CT molecular complexity index is 623. The van der Waals surface area contributed by atoms with E-state index < -0.39 is 0 Å². The van der Waals surface area contributed by atoms with Crippen LogP contribution in [0.2, 0.25) is 0 Å². The number of amides is 1. The lowest BCUT2D eigenvalue weighted by molar-refractivity contribution is -0.114. The molecule has 22 heavy (non-hydrogen) atoms. The number of carbonyl (C=O) groups is 1. The van der Waals surface area contributed by atoms with E-state index in [0.29, 0.717) is 5.92 Å². The molecule has 1 aromatic carbocycles. The molecule has 2 heterocycles. The first-order chi connectivity index (χ1) is 10.7. The molecule has 5 heteroatoms. The highest BCUT2D eigenvalue weighted by Gasteiger charge is 2.25. The van der Waals surface area contributed by atoms with Crippen molar-refractivity contribution in [2.24, 2.45) is 0 Å². The molecule has 0 unspecified atom stereocenters. The zero-order valence-corrected chi connectivity index (χ0v) is 12.9. The number of nitrogens with zero attached hydrogens (tertiary/aromatic N) is 2. The Morgan fingerprint density at radius 2 is 2.23 bits per heavy atom. The van der Waals surface area contributed by atoms with Crippen LogP contribution in [0.3, 0.4) is 0 Å². The Kier molecular flexibility index (Phi) is 4.53. The van der Waals surface area contributed by atoms with Gasteiger partial charge in [0, 0.05) is 25.9 Å². The Morgan fingerprint density at radius 3 is 3.00 bits per heavy atom. The molecule has 1 amide bonds. The molecule has 2 N–H and O–H groups in total. The molecule has 1 saturated heterocycles. The predicted molar refractivity (Wildman–Crippen MR) is 86.6 cm³/mol. The van der Waals surface area contributed by atoms with Gasteiger partial charge >= 0.3 is 0 Å². The minimum atomic E-state index is -0.0559. The van der Waals surface area contributed by atoms with Gasteiger partial charge in [-0.3, -0.25) is 14.8 Å². The van der Waals surface area contributed by atoms with Crippen molar-refractivity contribution in [2.45, 2.75) is 32.2 Å². The lowest BCUT2D eigenvalue weighted by Crippen LogP contribution is -2.34. The van der Waals surface area contributed by atoms with Gasteiger partial charge in [0.25, 0.3) is 0 Å². The highest BCUT2D eigenvalue weighted by atomic mass is 16.1. The first-order valence-corrected chi connectivity index (χ1v) is 7.79. The number of aromatic amines is 1. The van der Waals surface area contributed by atoms with Gasteiger partial charge in [-0.25, -0.2) is 0 Å². The van der Waals surface area contributed by atoms with E-state index in [4.69, 9.17) is 0 Å². The molecular weight excluding hydrogens is 276 g/mol. The molecule has 0 saturated carbocycles. The summed E-state index contributed by atoms with van der Waals surface area (Å²) >= 11 is 0. The molecule has 5 nitrogen and oxygen atoms in total. The van der Waals surface area contributed by atoms with Gasteiger partial charge in [-0.05, 0) is 24.9 Å². The van der Waals surface area contributed by atoms with Crippen LogP contribution in [0.15, 0.2) is 36.5 Å². The van der Waals surface area contributed by atoms with Gasteiger partial charge in [0.05, 0.1) is 17.6 Å². The first-order valence-electron chi connectivity index (χ1n) is 7.79. The number of hydrogen-bond acceptors (Lipinski definition) is 3. The normalized spacial score (nSPS) is 19.0. The van der Waals surface area contributed by atoms with Gasteiger partial charge < -0.3 is 5.32 Å². The third kappa shape index (κ3) is 3.54. The van der Waals surface area contributed by atoms with Gasteiger partial charge in [0.15, 0.2) is 0 Å². The molecule has 116 valence electrons. The highest BCUT2D eigenvalue weighted by Crippen LogP contribution is 2.30. The van der Waals surface area contributed by atoms with E-state index in [1.54, 1.807) is 6.20 Å². The van der Waals surface area contributed by atoms with Crippen LogP contribution in [0.5, 0.6) is 0 Å². The standard InChI is InChI=1S/C17H22N4O/c1-13(22)19-16-10-18-20-17(16)15-8-5-9-21(12-15)11-14-6-3-2-4-7-14/h2-4,6-7,10,15H,5,8-9,11-12H2,1H3,(H,18,20)(H,19,22)/t15-/m1/s1. The molecule has 1 aromatic heterocycles. The maximum atomic E-state index is 11.3. The number of likely N-dealkylation sites (tertiary alicyclic amines) is 1. The van der Waals surface area contributed by atoms with E-state index in [1.165, 1.54) is 12.5 Å². The monoisotopic (exact) mass is 298 g/mol. The van der Waals surface area contributed by atoms with Crippen molar-refractivity contribution in [3.05, 3.63) is 47.8 Å². The third-order valence-electron chi connectivity index (χ3n) is 4.14. The van der Waals surface area contributed by atoms with Gasteiger partial charge in [-0.2, -0.15) is 5.10 Å². The molecule has 1 aliphatic rings. The fraction of sp³-hybridized carbons (Fsp3) is 0.412. The van der Waals surface area contributed by atoms with E-state index in [-0.39, 0.29) is 5.91 Å². The van der Waals surface area contributed by atoms with Gasteiger partial charge in [0.1, 0.15) is 0 Å². The summed E-state index contributed by atoms with van der Waals surface area (Å²) in [6.45, 7) is 4.61. The van der Waals surface area contributed by atoms with Crippen molar-refractivity contribution in [3.8, 4) is 0 Å². The quantitative estimate of drug-likeness (QED) is 0.912. The highest BCUT2D eigenvalue weighted by molar-refractivity contribution is 5.89. The van der Waals surface area contributed by atoms with Crippen molar-refractivity contribution >= 4 is 11.6 Å². The summed E-state index contributed by atoms with van der Waals surface area (Å²) in [7, 11) is 0. The van der Waals surface area contributed by atoms with Crippen LogP contribution in [-0.4, -0.2) is 34.1 Å². The largest absolute Gasteiger partial charge is 0.323 e. The van der Waals surface area contributed by atoms with Gasteiger partial charge in [-0.1, -0.05) is 30.3 Å². The van der Waals surface area contributed by atoms with Crippen molar-refractivity contribution < 1.29 is 4.79 Å². The predicted octanol–water partition coefficient (Wildman–Crippen LogP) is 2.75. The number of anilines is 1. The fourth-order valence-electron chi connectivity index (χ4n) is 3.17. The molecule has 0 spiro atoms. The number of benzene rings is 1. The summed E-state index contributed by atoms with van der Waals surface area (Å²) < 4.78 is 0. The SMILES string of the molecule is CC(=O)Nc1cn[nH]c1[C@@H]1CCCN(Cc2ccccc2)C1. The van der Waals surface area contributed by atoms with E-state index >= 15 is 0 Å². The Hall–Kier alpha value is -2.14. The van der Waals surface area contributed by atoms with Crippen LogP contribution in [-0.2, 0) is 11.3 Å². The molecular formula is C17H22N4O. The zero-order chi connectivity index (χ0) is 15.4. The summed E-state index contributed by atoms with van der Waals surface area (Å²) in [5, 5.41) is 10.0. The Morgan fingerprint density at radius 1 is 1.41 bits per heavy atom. The lowest BCUT2D eigenvalue weighted by atomic mass is 9.93. The second kappa shape index (κ2) is 6.75. The van der Waals surface area contributed by atoms with Crippen LogP contribution in [0.4, 0.5) is 5.69 Å². The number of piperidine rings is 1. The van der Waals surface area contributed by atoms with E-state index in [0.717, 1.165) is 43.9 Å². The minimum Gasteiger partial charge on any atom is -0.323 e. The molecule has 0 radical (unpaired) electrons. The van der Waals surface area contributed by atoms with Crippen LogP contribution < -0.4 is 5.32 Å². The summed E-state index contributed by atoms with van der Waals surface area (Å²) in [4.78, 5) is 13.8. The summed E-state index contributed by atoms with van der Waals surface area (Å²) in [6.07, 6.45) is 3.99. The van der Waals surface area contributed by atoms with Crippen molar-refractivity contribution in [1.82, 2.24) is 15.1 Å². The third-order valence-corrected chi connectivity index (χ3v) is 4.14. The van der Waals surface area contributed by atoms with E-state index in [1.807, 2.05) is 6.07 Å². The van der Waals surface area contributed by atoms with Gasteiger partial charge in [0.2, 0.25) is 5.91 Å². The maximum Gasteiger partial charge on any atom is 0.221 e. The maximum absolute atomic E-state index is 11.3. The van der Waals surface area contributed by atoms with Gasteiger partial charge in [-0.15, -0.1) is 0 Å². The molecule has 0 aliphatic carbocycles.